The van der Waals surface area contributed by atoms with Crippen LogP contribution in [0.15, 0.2) is 78.9 Å². The molecule has 1 aromatic heterocycles. The summed E-state index contributed by atoms with van der Waals surface area (Å²) < 4.78 is 15.2. The van der Waals surface area contributed by atoms with Crippen molar-refractivity contribution in [2.24, 2.45) is 0 Å². The number of rotatable bonds is 4. The van der Waals surface area contributed by atoms with Crippen LogP contribution >= 0.6 is 11.6 Å². The molecule has 0 aliphatic carbocycles. The molecular formula is C25H20ClFN2O. The summed E-state index contributed by atoms with van der Waals surface area (Å²) in [5.74, 6) is -0.597. The lowest BCUT2D eigenvalue weighted by atomic mass is 10.1. The summed E-state index contributed by atoms with van der Waals surface area (Å²) in [4.78, 5) is 13.0. The molecule has 0 spiro atoms. The molecule has 0 radical (unpaired) electrons. The Kier molecular flexibility index (Phi) is 5.42. The first kappa shape index (κ1) is 19.9. The van der Waals surface area contributed by atoms with Gasteiger partial charge in [0.2, 0.25) is 0 Å². The molecule has 1 amide bonds. The second-order valence-corrected chi connectivity index (χ2v) is 7.60. The highest BCUT2D eigenvalue weighted by atomic mass is 35.5. The zero-order valence-corrected chi connectivity index (χ0v) is 17.4. The predicted molar refractivity (Wildman–Crippen MR) is 120 cm³/mol. The molecule has 30 heavy (non-hydrogen) atoms. The van der Waals surface area contributed by atoms with Crippen LogP contribution in [0.25, 0.3) is 16.9 Å². The molecule has 0 atom stereocenters. The van der Waals surface area contributed by atoms with E-state index >= 15 is 0 Å². The van der Waals surface area contributed by atoms with Crippen LogP contribution in [-0.2, 0) is 0 Å². The first-order valence-electron chi connectivity index (χ1n) is 9.54. The molecule has 0 aliphatic heterocycles. The van der Waals surface area contributed by atoms with Crippen molar-refractivity contribution in [2.75, 3.05) is 5.32 Å². The normalized spacial score (nSPS) is 10.8. The number of hydrogen-bond acceptors (Lipinski definition) is 1. The summed E-state index contributed by atoms with van der Waals surface area (Å²) in [5, 5.41) is 3.50. The second kappa shape index (κ2) is 8.17. The number of nitrogens with one attached hydrogen (secondary N) is 1. The van der Waals surface area contributed by atoms with Crippen molar-refractivity contribution in [1.82, 2.24) is 4.57 Å². The zero-order chi connectivity index (χ0) is 21.3. The quantitative estimate of drug-likeness (QED) is 0.388. The summed E-state index contributed by atoms with van der Waals surface area (Å²) in [6, 6.07) is 23.3. The first-order valence-corrected chi connectivity index (χ1v) is 9.92. The standard InChI is InChI=1S/C25H20ClFN2O/c1-16-3-13-22(14-4-16)29-17(2)23(15-24(29)18-5-7-19(26)8-6-18)25(30)28-21-11-9-20(27)10-12-21/h3-15H,1-2H3,(H,28,30). The van der Waals surface area contributed by atoms with E-state index in [1.165, 1.54) is 12.1 Å². The molecule has 0 fully saturated rings. The highest BCUT2D eigenvalue weighted by Gasteiger charge is 2.20. The largest absolute Gasteiger partial charge is 0.322 e. The molecule has 3 aromatic carbocycles. The minimum absolute atomic E-state index is 0.250. The van der Waals surface area contributed by atoms with Gasteiger partial charge in [-0.3, -0.25) is 4.79 Å². The van der Waals surface area contributed by atoms with E-state index in [2.05, 4.69) is 9.88 Å². The molecule has 0 unspecified atom stereocenters. The maximum Gasteiger partial charge on any atom is 0.257 e. The Hall–Kier alpha value is -3.37. The molecule has 0 saturated carbocycles. The van der Waals surface area contributed by atoms with Gasteiger partial charge in [0, 0.05) is 22.1 Å². The van der Waals surface area contributed by atoms with E-state index in [0.29, 0.717) is 16.3 Å². The van der Waals surface area contributed by atoms with E-state index in [4.69, 9.17) is 11.6 Å². The number of aromatic nitrogens is 1. The summed E-state index contributed by atoms with van der Waals surface area (Å²) in [6.07, 6.45) is 0. The van der Waals surface area contributed by atoms with E-state index in [1.54, 1.807) is 12.1 Å². The number of benzene rings is 3. The molecule has 4 aromatic rings. The van der Waals surface area contributed by atoms with Crippen molar-refractivity contribution >= 4 is 23.2 Å². The van der Waals surface area contributed by atoms with Gasteiger partial charge in [-0.15, -0.1) is 0 Å². The predicted octanol–water partition coefficient (Wildman–Crippen LogP) is 6.81. The van der Waals surface area contributed by atoms with Crippen molar-refractivity contribution < 1.29 is 9.18 Å². The van der Waals surface area contributed by atoms with E-state index in [-0.39, 0.29) is 11.7 Å². The lowest BCUT2D eigenvalue weighted by Crippen LogP contribution is -2.13. The number of halogens is 2. The van der Waals surface area contributed by atoms with Crippen LogP contribution in [0.1, 0.15) is 21.6 Å². The van der Waals surface area contributed by atoms with Gasteiger partial charge in [-0.2, -0.15) is 0 Å². The van der Waals surface area contributed by atoms with Gasteiger partial charge in [0.25, 0.3) is 5.91 Å². The fraction of sp³-hybridized carbons (Fsp3) is 0.0800. The number of hydrogen-bond donors (Lipinski definition) is 1. The highest BCUT2D eigenvalue weighted by molar-refractivity contribution is 6.30. The number of nitrogens with zero attached hydrogens (tertiary/aromatic N) is 1. The lowest BCUT2D eigenvalue weighted by Gasteiger charge is -2.13. The third kappa shape index (κ3) is 4.00. The van der Waals surface area contributed by atoms with Gasteiger partial charge in [-0.1, -0.05) is 41.4 Å². The zero-order valence-electron chi connectivity index (χ0n) is 16.6. The van der Waals surface area contributed by atoms with Crippen LogP contribution in [0.4, 0.5) is 10.1 Å². The van der Waals surface area contributed by atoms with Gasteiger partial charge in [-0.05, 0) is 74.0 Å². The van der Waals surface area contributed by atoms with Crippen molar-refractivity contribution in [3.8, 4) is 16.9 Å². The van der Waals surface area contributed by atoms with Crippen molar-refractivity contribution in [2.45, 2.75) is 13.8 Å². The topological polar surface area (TPSA) is 34.0 Å². The maximum atomic E-state index is 13.2. The molecule has 4 rings (SSSR count). The third-order valence-corrected chi connectivity index (χ3v) is 5.28. The Morgan fingerprint density at radius 3 is 2.17 bits per heavy atom. The van der Waals surface area contributed by atoms with Gasteiger partial charge >= 0.3 is 0 Å². The summed E-state index contributed by atoms with van der Waals surface area (Å²) in [6.45, 7) is 3.95. The molecule has 150 valence electrons. The van der Waals surface area contributed by atoms with Gasteiger partial charge in [0.15, 0.2) is 0 Å². The average molecular weight is 419 g/mol. The van der Waals surface area contributed by atoms with Crippen LogP contribution < -0.4 is 5.32 Å². The van der Waals surface area contributed by atoms with E-state index in [9.17, 15) is 9.18 Å². The fourth-order valence-electron chi connectivity index (χ4n) is 3.43. The van der Waals surface area contributed by atoms with Gasteiger partial charge in [-0.25, -0.2) is 4.39 Å². The van der Waals surface area contributed by atoms with Gasteiger partial charge in [0.1, 0.15) is 5.82 Å². The van der Waals surface area contributed by atoms with E-state index in [0.717, 1.165) is 28.2 Å². The number of anilines is 1. The smallest absolute Gasteiger partial charge is 0.257 e. The Balaban J connectivity index is 1.80. The number of carbonyl (C=O) groups excluding carboxylic acids is 1. The Labute approximate surface area is 179 Å². The molecule has 5 heteroatoms. The molecule has 0 aliphatic rings. The maximum absolute atomic E-state index is 13.2. The number of amides is 1. The molecule has 1 heterocycles. The lowest BCUT2D eigenvalue weighted by molar-refractivity contribution is 0.102. The summed E-state index contributed by atoms with van der Waals surface area (Å²) in [5.41, 5.74) is 5.85. The van der Waals surface area contributed by atoms with Crippen LogP contribution in [0.2, 0.25) is 5.02 Å². The van der Waals surface area contributed by atoms with E-state index in [1.807, 2.05) is 68.4 Å². The minimum atomic E-state index is -0.347. The van der Waals surface area contributed by atoms with Crippen LogP contribution in [0.3, 0.4) is 0 Å². The SMILES string of the molecule is Cc1ccc(-n2c(-c3ccc(Cl)cc3)cc(C(=O)Nc3ccc(F)cc3)c2C)cc1. The van der Waals surface area contributed by atoms with Crippen molar-refractivity contribution in [1.29, 1.82) is 0 Å². The average Bonchev–Trinajstić information content (AvgIpc) is 3.08. The van der Waals surface area contributed by atoms with Crippen LogP contribution in [-0.4, -0.2) is 10.5 Å². The minimum Gasteiger partial charge on any atom is -0.322 e. The molecule has 1 N–H and O–H groups in total. The van der Waals surface area contributed by atoms with Gasteiger partial charge < -0.3 is 9.88 Å². The Morgan fingerprint density at radius 1 is 0.900 bits per heavy atom. The molecule has 0 saturated heterocycles. The van der Waals surface area contributed by atoms with E-state index < -0.39 is 0 Å². The van der Waals surface area contributed by atoms with Gasteiger partial charge in [0.05, 0.1) is 11.3 Å². The highest BCUT2D eigenvalue weighted by Crippen LogP contribution is 2.31. The van der Waals surface area contributed by atoms with Crippen LogP contribution in [0, 0.1) is 19.7 Å². The van der Waals surface area contributed by atoms with Crippen LogP contribution in [0.5, 0.6) is 0 Å². The third-order valence-electron chi connectivity index (χ3n) is 5.03. The number of aryl methyl sites for hydroxylation is 1. The van der Waals surface area contributed by atoms with Crippen molar-refractivity contribution in [3.05, 3.63) is 107 Å². The molecular weight excluding hydrogens is 399 g/mol. The fourth-order valence-corrected chi connectivity index (χ4v) is 3.55. The summed E-state index contributed by atoms with van der Waals surface area (Å²) in [7, 11) is 0. The number of carbonyl (C=O) groups is 1. The monoisotopic (exact) mass is 418 g/mol. The first-order chi connectivity index (χ1) is 14.4. The summed E-state index contributed by atoms with van der Waals surface area (Å²) >= 11 is 6.06. The Morgan fingerprint density at radius 2 is 1.53 bits per heavy atom. The molecule has 0 bridgehead atoms. The second-order valence-electron chi connectivity index (χ2n) is 7.17. The molecule has 3 nitrogen and oxygen atoms in total. The Bertz CT molecular complexity index is 1190. The van der Waals surface area contributed by atoms with Crippen molar-refractivity contribution in [3.63, 3.8) is 0 Å².